The summed E-state index contributed by atoms with van der Waals surface area (Å²) in [6.45, 7) is 2.47. The van der Waals surface area contributed by atoms with Gasteiger partial charge < -0.3 is 5.32 Å². The van der Waals surface area contributed by atoms with Crippen molar-refractivity contribution < 1.29 is 8.42 Å². The highest BCUT2D eigenvalue weighted by Gasteiger charge is 2.10. The highest BCUT2D eigenvalue weighted by Crippen LogP contribution is 2.09. The first kappa shape index (κ1) is 16.2. The molecule has 0 aromatic carbocycles. The van der Waals surface area contributed by atoms with Crippen LogP contribution in [0.25, 0.3) is 0 Å². The summed E-state index contributed by atoms with van der Waals surface area (Å²) in [5.74, 6) is 0.867. The number of hydrogen-bond acceptors (Lipinski definition) is 6. The zero-order valence-corrected chi connectivity index (χ0v) is 13.2. The number of unbranched alkanes of at least 4 members (excludes halogenated alkanes) is 1. The number of aromatic nitrogens is 3. The molecule has 2 N–H and O–H groups in total. The minimum atomic E-state index is -3.35. The molecule has 8 heteroatoms. The second-order valence-corrected chi connectivity index (χ2v) is 6.59. The molecule has 0 aliphatic carbocycles. The van der Waals surface area contributed by atoms with Crippen molar-refractivity contribution in [3.05, 3.63) is 42.2 Å². The van der Waals surface area contributed by atoms with E-state index < -0.39 is 10.0 Å². The van der Waals surface area contributed by atoms with Gasteiger partial charge in [-0.3, -0.25) is 9.71 Å². The van der Waals surface area contributed by atoms with E-state index in [1.54, 1.807) is 18.3 Å². The van der Waals surface area contributed by atoms with Crippen LogP contribution < -0.4 is 10.0 Å². The van der Waals surface area contributed by atoms with Crippen LogP contribution in [0.15, 0.2) is 36.5 Å². The fourth-order valence-electron chi connectivity index (χ4n) is 1.71. The maximum absolute atomic E-state index is 11.8. The lowest BCUT2D eigenvalue weighted by Gasteiger charge is -2.07. The van der Waals surface area contributed by atoms with Gasteiger partial charge in [0.25, 0.3) is 0 Å². The molecule has 0 saturated carbocycles. The Morgan fingerprint density at radius 3 is 2.50 bits per heavy atom. The van der Waals surface area contributed by atoms with Gasteiger partial charge in [-0.1, -0.05) is 19.4 Å². The Hall–Kier alpha value is -2.22. The molecule has 0 radical (unpaired) electrons. The van der Waals surface area contributed by atoms with Crippen molar-refractivity contribution in [2.45, 2.75) is 26.3 Å². The smallest absolute Gasteiger partial charge is 0.233 e. The van der Waals surface area contributed by atoms with Gasteiger partial charge in [0.15, 0.2) is 5.82 Å². The first-order valence-corrected chi connectivity index (χ1v) is 8.72. The Kier molecular flexibility index (Phi) is 5.65. The number of nitrogens with zero attached hydrogens (tertiary/aromatic N) is 3. The standard InChI is InChI=1S/C14H19N5O2S/c1-2-3-10-22(20,21)19-14-8-7-13(17-18-14)16-11-12-6-4-5-9-15-12/h4-9H,2-3,10-11H2,1H3,(H,16,17)(H,18,19). The third-order valence-corrected chi connectivity index (χ3v) is 4.21. The van der Waals surface area contributed by atoms with Gasteiger partial charge in [-0.05, 0) is 30.7 Å². The zero-order chi connectivity index (χ0) is 15.8. The highest BCUT2D eigenvalue weighted by atomic mass is 32.2. The van der Waals surface area contributed by atoms with Crippen molar-refractivity contribution in [3.8, 4) is 0 Å². The summed E-state index contributed by atoms with van der Waals surface area (Å²) in [5, 5.41) is 10.9. The molecule has 0 saturated heterocycles. The van der Waals surface area contributed by atoms with Crippen LogP contribution in [-0.4, -0.2) is 29.4 Å². The predicted molar refractivity (Wildman–Crippen MR) is 85.9 cm³/mol. The molecule has 2 aromatic rings. The van der Waals surface area contributed by atoms with Gasteiger partial charge >= 0.3 is 0 Å². The van der Waals surface area contributed by atoms with E-state index in [1.165, 1.54) is 0 Å². The van der Waals surface area contributed by atoms with E-state index in [0.29, 0.717) is 18.8 Å². The summed E-state index contributed by atoms with van der Waals surface area (Å²) in [5.41, 5.74) is 0.883. The molecule has 22 heavy (non-hydrogen) atoms. The van der Waals surface area contributed by atoms with Crippen LogP contribution in [-0.2, 0) is 16.6 Å². The minimum Gasteiger partial charge on any atom is -0.363 e. The fraction of sp³-hybridized carbons (Fsp3) is 0.357. The first-order chi connectivity index (χ1) is 10.6. The van der Waals surface area contributed by atoms with Crippen molar-refractivity contribution in [2.75, 3.05) is 15.8 Å². The lowest BCUT2D eigenvalue weighted by molar-refractivity contribution is 0.597. The second kappa shape index (κ2) is 7.69. The molecular weight excluding hydrogens is 302 g/mol. The lowest BCUT2D eigenvalue weighted by Crippen LogP contribution is -2.17. The van der Waals surface area contributed by atoms with Gasteiger partial charge in [0, 0.05) is 6.20 Å². The summed E-state index contributed by atoms with van der Waals surface area (Å²) in [4.78, 5) is 4.19. The van der Waals surface area contributed by atoms with Gasteiger partial charge in [0.1, 0.15) is 5.82 Å². The van der Waals surface area contributed by atoms with Gasteiger partial charge in [-0.2, -0.15) is 0 Å². The van der Waals surface area contributed by atoms with Crippen molar-refractivity contribution in [1.29, 1.82) is 0 Å². The molecule has 0 aliphatic heterocycles. The maximum Gasteiger partial charge on any atom is 0.233 e. The molecule has 118 valence electrons. The normalized spacial score (nSPS) is 11.1. The van der Waals surface area contributed by atoms with E-state index in [9.17, 15) is 8.42 Å². The topological polar surface area (TPSA) is 96.9 Å². The van der Waals surface area contributed by atoms with Crippen molar-refractivity contribution in [3.63, 3.8) is 0 Å². The highest BCUT2D eigenvalue weighted by molar-refractivity contribution is 7.92. The number of anilines is 2. The molecule has 0 amide bonds. The van der Waals surface area contributed by atoms with E-state index in [2.05, 4.69) is 25.2 Å². The molecular formula is C14H19N5O2S. The molecule has 2 aromatic heterocycles. The third kappa shape index (κ3) is 5.28. The quantitative estimate of drug-likeness (QED) is 0.772. The summed E-state index contributed by atoms with van der Waals surface area (Å²) in [7, 11) is -3.35. The summed E-state index contributed by atoms with van der Waals surface area (Å²) >= 11 is 0. The second-order valence-electron chi connectivity index (χ2n) is 4.75. The summed E-state index contributed by atoms with van der Waals surface area (Å²) in [6.07, 6.45) is 3.16. The van der Waals surface area contributed by atoms with E-state index in [0.717, 1.165) is 12.1 Å². The van der Waals surface area contributed by atoms with Crippen LogP contribution in [0.1, 0.15) is 25.5 Å². The van der Waals surface area contributed by atoms with E-state index in [4.69, 9.17) is 0 Å². The molecule has 2 heterocycles. The Balaban J connectivity index is 1.90. The van der Waals surface area contributed by atoms with Gasteiger partial charge in [0.2, 0.25) is 10.0 Å². The Morgan fingerprint density at radius 2 is 1.86 bits per heavy atom. The lowest BCUT2D eigenvalue weighted by atomic mass is 10.3. The molecule has 0 unspecified atom stereocenters. The van der Waals surface area contributed by atoms with E-state index in [1.807, 2.05) is 25.1 Å². The molecule has 0 spiro atoms. The summed E-state index contributed by atoms with van der Waals surface area (Å²) < 4.78 is 25.9. The number of sulfonamides is 1. The molecule has 7 nitrogen and oxygen atoms in total. The van der Waals surface area contributed by atoms with Gasteiger partial charge in [-0.25, -0.2) is 8.42 Å². The average molecular weight is 321 g/mol. The van der Waals surface area contributed by atoms with Crippen LogP contribution >= 0.6 is 0 Å². The molecule has 0 bridgehead atoms. The van der Waals surface area contributed by atoms with Gasteiger partial charge in [0.05, 0.1) is 18.0 Å². The molecule has 2 rings (SSSR count). The first-order valence-electron chi connectivity index (χ1n) is 7.07. The average Bonchev–Trinajstić information content (AvgIpc) is 2.53. The Labute approximate surface area is 130 Å². The molecule has 0 atom stereocenters. The monoisotopic (exact) mass is 321 g/mol. The number of pyridine rings is 1. The third-order valence-electron chi connectivity index (χ3n) is 2.87. The zero-order valence-electron chi connectivity index (χ0n) is 12.4. The number of hydrogen-bond donors (Lipinski definition) is 2. The van der Waals surface area contributed by atoms with Crippen LogP contribution in [0.3, 0.4) is 0 Å². The van der Waals surface area contributed by atoms with Gasteiger partial charge in [-0.15, -0.1) is 10.2 Å². The number of rotatable bonds is 8. The van der Waals surface area contributed by atoms with Crippen LogP contribution in [0.2, 0.25) is 0 Å². The molecule has 0 aliphatic rings. The van der Waals surface area contributed by atoms with Crippen molar-refractivity contribution in [1.82, 2.24) is 15.2 Å². The van der Waals surface area contributed by atoms with Crippen molar-refractivity contribution in [2.24, 2.45) is 0 Å². The molecule has 0 fully saturated rings. The Bertz CT molecular complexity index is 674. The van der Waals surface area contributed by atoms with Crippen LogP contribution in [0, 0.1) is 0 Å². The van der Waals surface area contributed by atoms with E-state index >= 15 is 0 Å². The minimum absolute atomic E-state index is 0.0882. The fourth-order valence-corrected chi connectivity index (χ4v) is 2.91. The largest absolute Gasteiger partial charge is 0.363 e. The maximum atomic E-state index is 11.8. The summed E-state index contributed by atoms with van der Waals surface area (Å²) in [6, 6.07) is 8.91. The van der Waals surface area contributed by atoms with Crippen LogP contribution in [0.4, 0.5) is 11.6 Å². The van der Waals surface area contributed by atoms with E-state index in [-0.39, 0.29) is 11.6 Å². The predicted octanol–water partition coefficient (Wildman–Crippen LogP) is 2.03. The van der Waals surface area contributed by atoms with Crippen molar-refractivity contribution >= 4 is 21.7 Å². The Morgan fingerprint density at radius 1 is 1.09 bits per heavy atom. The van der Waals surface area contributed by atoms with Crippen LogP contribution in [0.5, 0.6) is 0 Å². The SMILES string of the molecule is CCCCS(=O)(=O)Nc1ccc(NCc2ccccn2)nn1. The number of nitrogens with one attached hydrogen (secondary N) is 2.